The molecule has 0 saturated carbocycles. The van der Waals surface area contributed by atoms with E-state index in [-0.39, 0.29) is 6.10 Å². The summed E-state index contributed by atoms with van der Waals surface area (Å²) in [5.41, 5.74) is 4.45. The number of aliphatic hydroxyl groups is 1. The molecule has 0 spiro atoms. The number of rotatable bonds is 12. The Morgan fingerprint density at radius 3 is 1.65 bits per heavy atom. The van der Waals surface area contributed by atoms with Crippen molar-refractivity contribution in [3.05, 3.63) is 47.1 Å². The Kier molecular flexibility index (Phi) is 13.8. The third-order valence-electron chi connectivity index (χ3n) is 4.08. The maximum atomic E-state index is 9.25. The molecule has 0 aromatic heterocycles. The van der Waals surface area contributed by atoms with Crippen LogP contribution in [0.2, 0.25) is 0 Å². The van der Waals surface area contributed by atoms with Crippen molar-refractivity contribution in [1.82, 2.24) is 0 Å². The summed E-state index contributed by atoms with van der Waals surface area (Å²) in [4.78, 5) is 0. The second kappa shape index (κ2) is 14.5. The molecule has 0 fully saturated rings. The van der Waals surface area contributed by atoms with E-state index >= 15 is 0 Å². The predicted octanol–water partition coefficient (Wildman–Crippen LogP) is 6.90. The fourth-order valence-electron chi connectivity index (χ4n) is 2.45. The van der Waals surface area contributed by atoms with Crippen LogP contribution in [0.4, 0.5) is 0 Å². The van der Waals surface area contributed by atoms with Crippen molar-refractivity contribution in [3.63, 3.8) is 0 Å². The molecule has 0 aromatic carbocycles. The Morgan fingerprint density at radius 2 is 1.22 bits per heavy atom. The zero-order valence-electron chi connectivity index (χ0n) is 16.1. The smallest absolute Gasteiger partial charge is 0.0515 e. The third-order valence-corrected chi connectivity index (χ3v) is 4.08. The quantitative estimate of drug-likeness (QED) is 0.388. The first-order chi connectivity index (χ1) is 11.0. The van der Waals surface area contributed by atoms with E-state index in [1.165, 1.54) is 29.6 Å². The van der Waals surface area contributed by atoms with Gasteiger partial charge in [0, 0.05) is 0 Å². The third kappa shape index (κ3) is 15.6. The molecule has 1 heteroatoms. The van der Waals surface area contributed by atoms with E-state index in [0.717, 1.165) is 38.5 Å². The Bertz CT molecular complexity index is 408. The van der Waals surface area contributed by atoms with Gasteiger partial charge in [-0.25, -0.2) is 0 Å². The van der Waals surface area contributed by atoms with Gasteiger partial charge in [-0.15, -0.1) is 0 Å². The van der Waals surface area contributed by atoms with Gasteiger partial charge in [0.2, 0.25) is 0 Å². The van der Waals surface area contributed by atoms with Crippen molar-refractivity contribution in [2.24, 2.45) is 0 Å². The van der Waals surface area contributed by atoms with E-state index in [0.29, 0.717) is 0 Å². The van der Waals surface area contributed by atoms with Gasteiger partial charge in [-0.3, -0.25) is 0 Å². The maximum absolute atomic E-state index is 9.25. The molecular formula is C22H38O. The molecule has 0 aliphatic heterocycles. The van der Waals surface area contributed by atoms with Crippen molar-refractivity contribution in [1.29, 1.82) is 0 Å². The molecule has 1 N–H and O–H groups in total. The summed E-state index contributed by atoms with van der Waals surface area (Å²) in [6, 6.07) is 0. The van der Waals surface area contributed by atoms with Gasteiger partial charge < -0.3 is 5.11 Å². The van der Waals surface area contributed by atoms with Gasteiger partial charge in [-0.1, -0.05) is 47.1 Å². The zero-order chi connectivity index (χ0) is 17.5. The van der Waals surface area contributed by atoms with E-state index in [9.17, 15) is 5.11 Å². The predicted molar refractivity (Wildman–Crippen MR) is 105 cm³/mol. The average Bonchev–Trinajstić information content (AvgIpc) is 2.47. The highest BCUT2D eigenvalue weighted by Gasteiger charge is 1.95. The van der Waals surface area contributed by atoms with Crippen molar-refractivity contribution in [2.75, 3.05) is 0 Å². The molecule has 0 amide bonds. The standard InChI is InChI=1S/C22H38O/c1-6-7-8-12-19(2)13-9-14-20(3)15-10-16-21(4)17-11-18-22(5)23/h6-7,13,15,17,22-23H,8-12,14,16,18H2,1-5H3. The lowest BCUT2D eigenvalue weighted by molar-refractivity contribution is 0.186. The first-order valence-electron chi connectivity index (χ1n) is 9.21. The number of hydrogen-bond acceptors (Lipinski definition) is 1. The molecular weight excluding hydrogens is 280 g/mol. The largest absolute Gasteiger partial charge is 0.393 e. The van der Waals surface area contributed by atoms with Crippen LogP contribution in [0.1, 0.15) is 86.0 Å². The van der Waals surface area contributed by atoms with Crippen molar-refractivity contribution in [2.45, 2.75) is 92.1 Å². The first-order valence-corrected chi connectivity index (χ1v) is 9.21. The van der Waals surface area contributed by atoms with Crippen LogP contribution in [0.3, 0.4) is 0 Å². The Balaban J connectivity index is 3.92. The van der Waals surface area contributed by atoms with Gasteiger partial charge in [0.15, 0.2) is 0 Å². The summed E-state index contributed by atoms with van der Waals surface area (Å²) in [7, 11) is 0. The van der Waals surface area contributed by atoms with Gasteiger partial charge in [-0.2, -0.15) is 0 Å². The van der Waals surface area contributed by atoms with Crippen LogP contribution in [0.15, 0.2) is 47.1 Å². The van der Waals surface area contributed by atoms with E-state index in [4.69, 9.17) is 0 Å². The molecule has 0 aliphatic rings. The Hall–Kier alpha value is -1.08. The van der Waals surface area contributed by atoms with Gasteiger partial charge in [0.05, 0.1) is 6.10 Å². The van der Waals surface area contributed by atoms with Crippen molar-refractivity contribution < 1.29 is 5.11 Å². The highest BCUT2D eigenvalue weighted by molar-refractivity contribution is 5.06. The van der Waals surface area contributed by atoms with Crippen LogP contribution >= 0.6 is 0 Å². The minimum atomic E-state index is -0.185. The van der Waals surface area contributed by atoms with Crippen LogP contribution in [-0.2, 0) is 0 Å². The topological polar surface area (TPSA) is 20.2 Å². The molecule has 1 nitrogen and oxygen atoms in total. The number of aliphatic hydroxyl groups excluding tert-OH is 1. The summed E-state index contributed by atoms with van der Waals surface area (Å²) >= 11 is 0. The Labute approximate surface area is 144 Å². The molecule has 0 aliphatic carbocycles. The lowest BCUT2D eigenvalue weighted by atomic mass is 10.0. The summed E-state index contributed by atoms with van der Waals surface area (Å²) in [5, 5.41) is 9.25. The van der Waals surface area contributed by atoms with Gasteiger partial charge >= 0.3 is 0 Å². The molecule has 0 heterocycles. The van der Waals surface area contributed by atoms with Gasteiger partial charge in [0.25, 0.3) is 0 Å². The molecule has 1 unspecified atom stereocenters. The molecule has 132 valence electrons. The second-order valence-corrected chi connectivity index (χ2v) is 6.76. The van der Waals surface area contributed by atoms with Crippen LogP contribution < -0.4 is 0 Å². The molecule has 1 atom stereocenters. The molecule has 0 bridgehead atoms. The fraction of sp³-hybridized carbons (Fsp3) is 0.636. The minimum Gasteiger partial charge on any atom is -0.393 e. The van der Waals surface area contributed by atoms with Crippen molar-refractivity contribution in [3.8, 4) is 0 Å². The van der Waals surface area contributed by atoms with E-state index in [2.05, 4.69) is 58.1 Å². The van der Waals surface area contributed by atoms with E-state index < -0.39 is 0 Å². The van der Waals surface area contributed by atoms with Gasteiger partial charge in [0.1, 0.15) is 0 Å². The maximum Gasteiger partial charge on any atom is 0.0515 e. The molecule has 0 radical (unpaired) electrons. The lowest BCUT2D eigenvalue weighted by Crippen LogP contribution is -1.97. The average molecular weight is 319 g/mol. The number of allylic oxidation sites excluding steroid dienone is 8. The summed E-state index contributed by atoms with van der Waals surface area (Å²) in [5.74, 6) is 0. The van der Waals surface area contributed by atoms with Crippen LogP contribution in [-0.4, -0.2) is 11.2 Å². The van der Waals surface area contributed by atoms with E-state index in [1.54, 1.807) is 0 Å². The summed E-state index contributed by atoms with van der Waals surface area (Å²) in [6.45, 7) is 10.6. The highest BCUT2D eigenvalue weighted by Crippen LogP contribution is 2.13. The first kappa shape index (κ1) is 21.9. The van der Waals surface area contributed by atoms with E-state index in [1.807, 2.05) is 6.92 Å². The van der Waals surface area contributed by atoms with Gasteiger partial charge in [-0.05, 0) is 86.0 Å². The number of hydrogen-bond donors (Lipinski definition) is 1. The second-order valence-electron chi connectivity index (χ2n) is 6.76. The highest BCUT2D eigenvalue weighted by atomic mass is 16.3. The monoisotopic (exact) mass is 318 g/mol. The van der Waals surface area contributed by atoms with Crippen molar-refractivity contribution >= 4 is 0 Å². The SMILES string of the molecule is CC=CCCC(C)=CCCC(C)=CCCC(C)=CCCC(C)O. The molecule has 0 saturated heterocycles. The lowest BCUT2D eigenvalue weighted by Gasteiger charge is -2.03. The minimum absolute atomic E-state index is 0.185. The zero-order valence-corrected chi connectivity index (χ0v) is 16.1. The molecule has 0 aromatic rings. The molecule has 0 rings (SSSR count). The van der Waals surface area contributed by atoms with Crippen LogP contribution in [0.25, 0.3) is 0 Å². The Morgan fingerprint density at radius 1 is 0.783 bits per heavy atom. The summed E-state index contributed by atoms with van der Waals surface area (Å²) < 4.78 is 0. The fourth-order valence-corrected chi connectivity index (χ4v) is 2.45. The van der Waals surface area contributed by atoms with Crippen LogP contribution in [0, 0.1) is 0 Å². The normalized spacial score (nSPS) is 15.5. The van der Waals surface area contributed by atoms with Crippen LogP contribution in [0.5, 0.6) is 0 Å². The molecule has 23 heavy (non-hydrogen) atoms. The summed E-state index contributed by atoms with van der Waals surface area (Å²) in [6.07, 6.45) is 20.0.